The third-order valence-corrected chi connectivity index (χ3v) is 4.32. The second kappa shape index (κ2) is 7.13. The number of amides is 1. The van der Waals surface area contributed by atoms with E-state index in [0.29, 0.717) is 43.6 Å². The molecule has 6 heteroatoms. The maximum absolute atomic E-state index is 12.8. The van der Waals surface area contributed by atoms with Crippen molar-refractivity contribution in [1.82, 2.24) is 0 Å². The molecule has 0 unspecified atom stereocenters. The molecule has 1 aromatic carbocycles. The first-order valence-electron chi connectivity index (χ1n) is 7.46. The molecule has 0 saturated carbocycles. The quantitative estimate of drug-likeness (QED) is 0.437. The molecule has 0 aliphatic rings. The molecule has 3 rings (SSSR count). The first kappa shape index (κ1) is 17.3. The minimum absolute atomic E-state index is 0.309. The third kappa shape index (κ3) is 3.45. The zero-order valence-electron chi connectivity index (χ0n) is 13.3. The number of nitrogens with zero attached hydrogens (tertiary/aromatic N) is 1. The van der Waals surface area contributed by atoms with Crippen molar-refractivity contribution in [3.63, 3.8) is 0 Å². The van der Waals surface area contributed by atoms with Gasteiger partial charge in [0.05, 0.1) is 15.6 Å². The highest BCUT2D eigenvalue weighted by molar-refractivity contribution is 6.42. The third-order valence-electron chi connectivity index (χ3n) is 3.59. The summed E-state index contributed by atoms with van der Waals surface area (Å²) < 4.78 is 5.63. The molecule has 3 aromatic rings. The summed E-state index contributed by atoms with van der Waals surface area (Å²) >= 11 is 11.9. The molecule has 2 bridgehead atoms. The SMILES string of the molecule is C=C(/C=C\N=CC)c1c(C(=O)Nc2ccc(Cl)c(Cl)c2)c2ccc1o2. The number of carbonyl (C=O) groups is 1. The number of aliphatic imine (C=N–C) groups is 1. The molecule has 0 fully saturated rings. The molecule has 2 aromatic heterocycles. The number of halogens is 2. The average Bonchev–Trinajstić information content (AvgIpc) is 3.19. The molecule has 126 valence electrons. The second-order valence-electron chi connectivity index (χ2n) is 5.25. The number of hydrogen-bond donors (Lipinski definition) is 1. The van der Waals surface area contributed by atoms with E-state index in [9.17, 15) is 4.79 Å². The van der Waals surface area contributed by atoms with Gasteiger partial charge in [0.25, 0.3) is 5.91 Å². The summed E-state index contributed by atoms with van der Waals surface area (Å²) in [7, 11) is 0. The summed E-state index contributed by atoms with van der Waals surface area (Å²) in [5.74, 6) is -0.309. The van der Waals surface area contributed by atoms with Gasteiger partial charge in [0.15, 0.2) is 0 Å². The van der Waals surface area contributed by atoms with Crippen molar-refractivity contribution in [2.75, 3.05) is 5.32 Å². The highest BCUT2D eigenvalue weighted by Gasteiger charge is 2.24. The van der Waals surface area contributed by atoms with Crippen molar-refractivity contribution < 1.29 is 9.21 Å². The van der Waals surface area contributed by atoms with Crippen LogP contribution in [0.3, 0.4) is 0 Å². The largest absolute Gasteiger partial charge is 0.456 e. The molecule has 0 aliphatic heterocycles. The maximum atomic E-state index is 12.8. The minimum Gasteiger partial charge on any atom is -0.456 e. The van der Waals surface area contributed by atoms with E-state index in [2.05, 4.69) is 16.9 Å². The zero-order valence-corrected chi connectivity index (χ0v) is 14.9. The van der Waals surface area contributed by atoms with Crippen LogP contribution >= 0.6 is 23.2 Å². The lowest BCUT2D eigenvalue weighted by Crippen LogP contribution is -2.13. The number of carbonyl (C=O) groups excluding carboxylic acids is 1. The van der Waals surface area contributed by atoms with Gasteiger partial charge >= 0.3 is 0 Å². The van der Waals surface area contributed by atoms with Crippen LogP contribution in [0.15, 0.2) is 58.6 Å². The van der Waals surface area contributed by atoms with Crippen molar-refractivity contribution >= 4 is 57.8 Å². The van der Waals surface area contributed by atoms with Crippen LogP contribution in [0.1, 0.15) is 22.8 Å². The number of hydrogen-bond acceptors (Lipinski definition) is 3. The van der Waals surface area contributed by atoms with Gasteiger partial charge in [-0.1, -0.05) is 29.8 Å². The number of anilines is 1. The number of allylic oxidation sites excluding steroid dienone is 2. The molecule has 1 N–H and O–H groups in total. The molecule has 2 heterocycles. The van der Waals surface area contributed by atoms with Crippen LogP contribution in [0.4, 0.5) is 5.69 Å². The molecule has 0 atom stereocenters. The summed E-state index contributed by atoms with van der Waals surface area (Å²) in [4.78, 5) is 16.8. The van der Waals surface area contributed by atoms with Gasteiger partial charge in [0.1, 0.15) is 11.2 Å². The highest BCUT2D eigenvalue weighted by atomic mass is 35.5. The lowest BCUT2D eigenvalue weighted by atomic mass is 10.00. The van der Waals surface area contributed by atoms with Crippen molar-refractivity contribution in [3.8, 4) is 0 Å². The standard InChI is InChI=1S/C19H14Cl2N2O2/c1-3-22-9-8-11(2)17-15-6-7-16(25-15)18(17)19(24)23-12-4-5-13(20)14(21)10-12/h3-10H,2H2,1H3,(H,23,24)/b9-8-,22-3?. The Morgan fingerprint density at radius 2 is 1.88 bits per heavy atom. The fourth-order valence-corrected chi connectivity index (χ4v) is 2.77. The molecule has 0 aliphatic carbocycles. The van der Waals surface area contributed by atoms with E-state index in [1.807, 2.05) is 13.0 Å². The number of fused-ring (bicyclic) bond motifs is 2. The van der Waals surface area contributed by atoms with Gasteiger partial charge in [-0.15, -0.1) is 0 Å². The summed E-state index contributed by atoms with van der Waals surface area (Å²) in [6.45, 7) is 5.82. The Balaban J connectivity index is 1.93. The smallest absolute Gasteiger partial charge is 0.260 e. The van der Waals surface area contributed by atoms with Crippen LogP contribution in [0.25, 0.3) is 16.7 Å². The van der Waals surface area contributed by atoms with E-state index in [1.165, 1.54) is 0 Å². The van der Waals surface area contributed by atoms with E-state index in [1.54, 1.807) is 42.8 Å². The van der Waals surface area contributed by atoms with Crippen molar-refractivity contribution in [2.24, 2.45) is 4.99 Å². The van der Waals surface area contributed by atoms with Crippen LogP contribution in [0.5, 0.6) is 0 Å². The maximum Gasteiger partial charge on any atom is 0.260 e. The first-order chi connectivity index (χ1) is 12.0. The molecule has 1 amide bonds. The lowest BCUT2D eigenvalue weighted by Gasteiger charge is -2.08. The summed E-state index contributed by atoms with van der Waals surface area (Å²) in [6, 6.07) is 8.46. The molecular formula is C19H14Cl2N2O2. The molecular weight excluding hydrogens is 359 g/mol. The molecule has 4 nitrogen and oxygen atoms in total. The fourth-order valence-electron chi connectivity index (χ4n) is 2.47. The summed E-state index contributed by atoms with van der Waals surface area (Å²) in [6.07, 6.45) is 5.01. The first-order valence-corrected chi connectivity index (χ1v) is 8.21. The van der Waals surface area contributed by atoms with Gasteiger partial charge in [-0.3, -0.25) is 9.79 Å². The lowest BCUT2D eigenvalue weighted by molar-refractivity contribution is 0.102. The minimum atomic E-state index is -0.309. The van der Waals surface area contributed by atoms with E-state index in [4.69, 9.17) is 27.6 Å². The predicted octanol–water partition coefficient (Wildman–Crippen LogP) is 6.05. The van der Waals surface area contributed by atoms with Gasteiger partial charge in [0.2, 0.25) is 0 Å². The zero-order chi connectivity index (χ0) is 18.0. The Hall–Kier alpha value is -2.56. The Bertz CT molecular complexity index is 1000. The fraction of sp³-hybridized carbons (Fsp3) is 0.0526. The van der Waals surface area contributed by atoms with Crippen LogP contribution in [0.2, 0.25) is 10.0 Å². The van der Waals surface area contributed by atoms with Gasteiger partial charge in [-0.05, 0) is 48.9 Å². The molecule has 25 heavy (non-hydrogen) atoms. The van der Waals surface area contributed by atoms with E-state index in [0.717, 1.165) is 0 Å². The number of furan rings is 2. The van der Waals surface area contributed by atoms with Crippen molar-refractivity contribution in [2.45, 2.75) is 6.92 Å². The van der Waals surface area contributed by atoms with E-state index >= 15 is 0 Å². The Morgan fingerprint density at radius 1 is 1.16 bits per heavy atom. The normalized spacial score (nSPS) is 11.8. The molecule has 0 spiro atoms. The number of benzene rings is 2. The number of rotatable bonds is 5. The van der Waals surface area contributed by atoms with Crippen LogP contribution < -0.4 is 5.32 Å². The second-order valence-corrected chi connectivity index (χ2v) is 6.06. The monoisotopic (exact) mass is 372 g/mol. The molecule has 0 radical (unpaired) electrons. The predicted molar refractivity (Wildman–Crippen MR) is 104 cm³/mol. The highest BCUT2D eigenvalue weighted by Crippen LogP contribution is 2.34. The van der Waals surface area contributed by atoms with Gasteiger partial charge in [-0.25, -0.2) is 0 Å². The van der Waals surface area contributed by atoms with Crippen molar-refractivity contribution in [1.29, 1.82) is 0 Å². The van der Waals surface area contributed by atoms with Crippen LogP contribution in [-0.2, 0) is 0 Å². The Morgan fingerprint density at radius 3 is 2.56 bits per heavy atom. The van der Waals surface area contributed by atoms with Gasteiger partial charge < -0.3 is 9.73 Å². The average molecular weight is 373 g/mol. The number of nitrogens with one attached hydrogen (secondary N) is 1. The van der Waals surface area contributed by atoms with Crippen LogP contribution in [-0.4, -0.2) is 12.1 Å². The topological polar surface area (TPSA) is 54.6 Å². The Kier molecular flexibility index (Phi) is 4.93. The Labute approximate surface area is 154 Å². The van der Waals surface area contributed by atoms with Gasteiger partial charge in [0, 0.05) is 23.7 Å². The van der Waals surface area contributed by atoms with Crippen molar-refractivity contribution in [3.05, 3.63) is 70.4 Å². The molecule has 0 saturated heterocycles. The van der Waals surface area contributed by atoms with Gasteiger partial charge in [-0.2, -0.15) is 0 Å². The summed E-state index contributed by atoms with van der Waals surface area (Å²) in [5, 5.41) is 3.59. The summed E-state index contributed by atoms with van der Waals surface area (Å²) in [5.41, 5.74) is 3.36. The van der Waals surface area contributed by atoms with E-state index in [-0.39, 0.29) is 5.91 Å². The van der Waals surface area contributed by atoms with E-state index < -0.39 is 0 Å². The van der Waals surface area contributed by atoms with Crippen LogP contribution in [0, 0.1) is 0 Å².